The van der Waals surface area contributed by atoms with E-state index in [-0.39, 0.29) is 11.7 Å². The Morgan fingerprint density at radius 1 is 0.912 bits per heavy atom. The van der Waals surface area contributed by atoms with Crippen LogP contribution in [0.3, 0.4) is 0 Å². The average molecular weight is 470 g/mol. The molecule has 5 rings (SSSR count). The quantitative estimate of drug-likeness (QED) is 0.361. The fourth-order valence-corrected chi connectivity index (χ4v) is 4.01. The number of benzene rings is 3. The number of para-hydroxylation sites is 1. The molecule has 1 atom stereocenters. The third-order valence-corrected chi connectivity index (χ3v) is 5.80. The predicted octanol–water partition coefficient (Wildman–Crippen LogP) is 5.81. The average Bonchev–Trinajstić information content (AvgIpc) is 3.04. The molecule has 7 heteroatoms. The summed E-state index contributed by atoms with van der Waals surface area (Å²) in [7, 11) is 0. The summed E-state index contributed by atoms with van der Waals surface area (Å²) in [5.74, 6) is 0.714. The Bertz CT molecular complexity index is 1370. The third-order valence-electron chi connectivity index (χ3n) is 5.57. The molecule has 1 aromatic heterocycles. The van der Waals surface area contributed by atoms with Gasteiger partial charge in [0, 0.05) is 40.7 Å². The second-order valence-corrected chi connectivity index (χ2v) is 8.28. The van der Waals surface area contributed by atoms with Crippen LogP contribution in [0.15, 0.2) is 91.3 Å². The summed E-state index contributed by atoms with van der Waals surface area (Å²) < 4.78 is 6.07. The number of ketones is 1. The number of pyridine rings is 1. The Hall–Kier alpha value is -4.16. The largest absolute Gasteiger partial charge is 0.455 e. The first-order valence-electron chi connectivity index (χ1n) is 10.7. The van der Waals surface area contributed by atoms with Crippen molar-refractivity contribution in [3.05, 3.63) is 119 Å². The highest BCUT2D eigenvalue weighted by Crippen LogP contribution is 2.42. The van der Waals surface area contributed by atoms with Crippen molar-refractivity contribution in [1.29, 1.82) is 0 Å². The van der Waals surface area contributed by atoms with Gasteiger partial charge in [-0.05, 0) is 54.1 Å². The van der Waals surface area contributed by atoms with Gasteiger partial charge in [-0.3, -0.25) is 14.6 Å². The number of amides is 1. The second-order valence-electron chi connectivity index (χ2n) is 7.84. The molecule has 1 aliphatic rings. The first kappa shape index (κ1) is 21.7. The van der Waals surface area contributed by atoms with Crippen LogP contribution < -0.4 is 15.4 Å². The fraction of sp³-hybridized carbons (Fsp3) is 0.0741. The summed E-state index contributed by atoms with van der Waals surface area (Å²) in [4.78, 5) is 30.4. The molecule has 168 valence electrons. The zero-order valence-corrected chi connectivity index (χ0v) is 18.8. The molecular weight excluding hydrogens is 450 g/mol. The molecule has 1 unspecified atom stereocenters. The van der Waals surface area contributed by atoms with Crippen molar-refractivity contribution in [3.63, 3.8) is 0 Å². The number of carbonyl (C=O) groups excluding carboxylic acids is 2. The Labute approximate surface area is 201 Å². The molecule has 4 aromatic rings. The minimum Gasteiger partial charge on any atom is -0.455 e. The lowest BCUT2D eigenvalue weighted by Crippen LogP contribution is -2.24. The van der Waals surface area contributed by atoms with Crippen LogP contribution in [-0.4, -0.2) is 16.7 Å². The van der Waals surface area contributed by atoms with Crippen LogP contribution in [0, 0.1) is 0 Å². The van der Waals surface area contributed by atoms with Gasteiger partial charge in [-0.15, -0.1) is 0 Å². The number of rotatable bonds is 5. The van der Waals surface area contributed by atoms with E-state index in [4.69, 9.17) is 16.3 Å². The summed E-state index contributed by atoms with van der Waals surface area (Å²) in [5.41, 5.74) is 3.07. The minimum atomic E-state index is -0.717. The molecule has 3 aromatic carbocycles. The van der Waals surface area contributed by atoms with E-state index in [1.165, 1.54) is 0 Å². The Kier molecular flexibility index (Phi) is 5.97. The van der Waals surface area contributed by atoms with Crippen LogP contribution >= 0.6 is 11.6 Å². The first-order chi connectivity index (χ1) is 16.6. The number of fused-ring (bicyclic) bond motifs is 2. The monoisotopic (exact) mass is 469 g/mol. The minimum absolute atomic E-state index is 0.187. The molecule has 6 nitrogen and oxygen atoms in total. The van der Waals surface area contributed by atoms with Gasteiger partial charge in [0.1, 0.15) is 11.8 Å². The zero-order valence-electron chi connectivity index (χ0n) is 18.0. The smallest absolute Gasteiger partial charge is 0.251 e. The van der Waals surface area contributed by atoms with E-state index >= 15 is 0 Å². The van der Waals surface area contributed by atoms with Gasteiger partial charge in [0.15, 0.2) is 11.5 Å². The van der Waals surface area contributed by atoms with E-state index in [2.05, 4.69) is 15.6 Å². The lowest BCUT2D eigenvalue weighted by atomic mass is 9.95. The maximum Gasteiger partial charge on any atom is 0.251 e. The van der Waals surface area contributed by atoms with Gasteiger partial charge in [0.05, 0.1) is 5.69 Å². The van der Waals surface area contributed by atoms with Crippen LogP contribution in [0.2, 0.25) is 5.02 Å². The molecule has 34 heavy (non-hydrogen) atoms. The van der Waals surface area contributed by atoms with Crippen LogP contribution in [0.5, 0.6) is 11.5 Å². The fourth-order valence-electron chi connectivity index (χ4n) is 3.84. The number of Topliss-reactive ketones (excluding diaryl/α,β-unsaturated/α-hetero) is 1. The Morgan fingerprint density at radius 2 is 1.71 bits per heavy atom. The number of nitrogens with one attached hydrogen (secondary N) is 2. The van der Waals surface area contributed by atoms with Gasteiger partial charge in [0.2, 0.25) is 0 Å². The highest BCUT2D eigenvalue weighted by Gasteiger charge is 2.29. The van der Waals surface area contributed by atoms with Crippen molar-refractivity contribution >= 4 is 29.0 Å². The molecule has 0 saturated heterocycles. The third kappa shape index (κ3) is 4.49. The predicted molar refractivity (Wildman–Crippen MR) is 131 cm³/mol. The summed E-state index contributed by atoms with van der Waals surface area (Å²) in [6, 6.07) is 22.3. The molecule has 0 bridgehead atoms. The van der Waals surface area contributed by atoms with E-state index in [1.54, 1.807) is 54.9 Å². The van der Waals surface area contributed by atoms with Crippen molar-refractivity contribution in [1.82, 2.24) is 10.3 Å². The van der Waals surface area contributed by atoms with Gasteiger partial charge >= 0.3 is 0 Å². The molecule has 0 spiro atoms. The van der Waals surface area contributed by atoms with Crippen LogP contribution in [0.4, 0.5) is 5.69 Å². The lowest BCUT2D eigenvalue weighted by Gasteiger charge is -2.18. The van der Waals surface area contributed by atoms with Crippen molar-refractivity contribution in [2.45, 2.75) is 12.6 Å². The number of aromatic nitrogens is 1. The van der Waals surface area contributed by atoms with Gasteiger partial charge in [-0.1, -0.05) is 41.9 Å². The van der Waals surface area contributed by atoms with E-state index in [1.807, 2.05) is 36.4 Å². The summed E-state index contributed by atoms with van der Waals surface area (Å²) >= 11 is 6.19. The standard InChI is InChI=1S/C27H20ClN3O3/c28-20-8-9-24-22(15-20)31-25(21-6-1-2-7-23(21)34-24)26(32)18-4-3-5-19(14-18)27(33)30-16-17-10-12-29-13-11-17/h1-15,25,31H,16H2,(H,30,33). The molecule has 2 N–H and O–H groups in total. The lowest BCUT2D eigenvalue weighted by molar-refractivity contribution is 0.0951. The molecule has 0 fully saturated rings. The number of nitrogens with zero attached hydrogens (tertiary/aromatic N) is 1. The Balaban J connectivity index is 1.43. The highest BCUT2D eigenvalue weighted by molar-refractivity contribution is 6.31. The molecule has 0 radical (unpaired) electrons. The maximum absolute atomic E-state index is 13.7. The molecular formula is C27H20ClN3O3. The number of hydrogen-bond acceptors (Lipinski definition) is 5. The summed E-state index contributed by atoms with van der Waals surface area (Å²) in [5, 5.41) is 6.69. The number of hydrogen-bond donors (Lipinski definition) is 2. The first-order valence-corrected chi connectivity index (χ1v) is 11.1. The van der Waals surface area contributed by atoms with Crippen molar-refractivity contribution in [2.24, 2.45) is 0 Å². The number of ether oxygens (including phenoxy) is 1. The van der Waals surface area contributed by atoms with E-state index in [0.717, 1.165) is 5.56 Å². The van der Waals surface area contributed by atoms with E-state index in [9.17, 15) is 9.59 Å². The molecule has 1 amide bonds. The SMILES string of the molecule is O=C(NCc1ccncc1)c1cccc(C(=O)C2Nc3cc(Cl)ccc3Oc3ccccc32)c1. The van der Waals surface area contributed by atoms with Crippen molar-refractivity contribution < 1.29 is 14.3 Å². The highest BCUT2D eigenvalue weighted by atomic mass is 35.5. The van der Waals surface area contributed by atoms with Crippen LogP contribution in [0.25, 0.3) is 0 Å². The molecule has 0 aliphatic carbocycles. The van der Waals surface area contributed by atoms with E-state index in [0.29, 0.717) is 45.4 Å². The molecule has 1 aliphatic heterocycles. The number of halogens is 1. The van der Waals surface area contributed by atoms with Crippen LogP contribution in [0.1, 0.15) is 37.9 Å². The second kappa shape index (κ2) is 9.37. The van der Waals surface area contributed by atoms with E-state index < -0.39 is 6.04 Å². The molecule has 0 saturated carbocycles. The van der Waals surface area contributed by atoms with Gasteiger partial charge < -0.3 is 15.4 Å². The van der Waals surface area contributed by atoms with Gasteiger partial charge in [-0.2, -0.15) is 0 Å². The number of carbonyl (C=O) groups is 2. The summed E-state index contributed by atoms with van der Waals surface area (Å²) in [6.07, 6.45) is 3.35. The maximum atomic E-state index is 13.7. The topological polar surface area (TPSA) is 80.3 Å². The van der Waals surface area contributed by atoms with Gasteiger partial charge in [-0.25, -0.2) is 0 Å². The Morgan fingerprint density at radius 3 is 2.56 bits per heavy atom. The normalized spacial score (nSPS) is 14.0. The van der Waals surface area contributed by atoms with Crippen molar-refractivity contribution in [2.75, 3.05) is 5.32 Å². The van der Waals surface area contributed by atoms with Crippen LogP contribution in [-0.2, 0) is 6.54 Å². The van der Waals surface area contributed by atoms with Crippen molar-refractivity contribution in [3.8, 4) is 11.5 Å². The molecule has 2 heterocycles. The zero-order chi connectivity index (χ0) is 23.5. The number of anilines is 1. The summed E-state index contributed by atoms with van der Waals surface area (Å²) in [6.45, 7) is 0.367. The van der Waals surface area contributed by atoms with Gasteiger partial charge in [0.25, 0.3) is 5.91 Å².